The van der Waals surface area contributed by atoms with Crippen molar-refractivity contribution in [1.29, 1.82) is 0 Å². The Morgan fingerprint density at radius 2 is 2.17 bits per heavy atom. The van der Waals surface area contributed by atoms with Gasteiger partial charge in [0.1, 0.15) is 0 Å². The van der Waals surface area contributed by atoms with Gasteiger partial charge in [0, 0.05) is 0 Å². The minimum absolute atomic E-state index is 0.339. The second-order valence-corrected chi connectivity index (χ2v) is 3.03. The van der Waals surface area contributed by atoms with Gasteiger partial charge in [0.25, 0.3) is 0 Å². The number of hydrogen-bond donors (Lipinski definition) is 1. The summed E-state index contributed by atoms with van der Waals surface area (Å²) < 4.78 is 0. The van der Waals surface area contributed by atoms with Crippen LogP contribution in [0.2, 0.25) is 0 Å². The average Bonchev–Trinajstić information content (AvgIpc) is 2.03. The fourth-order valence-electron chi connectivity index (χ4n) is 1.08. The van der Waals surface area contributed by atoms with Crippen molar-refractivity contribution >= 4 is 5.78 Å². The maximum Gasteiger partial charge on any atom is 0.201 e. The maximum atomic E-state index is 11.3. The molecule has 1 unspecified atom stereocenters. The van der Waals surface area contributed by atoms with E-state index in [1.54, 1.807) is 14.1 Å². The summed E-state index contributed by atoms with van der Waals surface area (Å²) in [6.45, 7) is 5.28. The number of hydrogen-bond acceptors (Lipinski definition) is 3. The predicted molar refractivity (Wildman–Crippen MR) is 48.7 cm³/mol. The van der Waals surface area contributed by atoms with E-state index in [0.29, 0.717) is 6.42 Å². The molecule has 0 saturated heterocycles. The molecule has 0 aromatic heterocycles. The van der Waals surface area contributed by atoms with Crippen LogP contribution in [-0.4, -0.2) is 35.6 Å². The number of carbonyl (C=O) groups excluding carboxylic acids is 1. The quantitative estimate of drug-likeness (QED) is 0.491. The molecule has 0 heterocycles. The van der Waals surface area contributed by atoms with Gasteiger partial charge in [0.05, 0.1) is 0 Å². The van der Waals surface area contributed by atoms with Crippen LogP contribution in [0.1, 0.15) is 19.8 Å². The molecule has 0 aliphatic rings. The van der Waals surface area contributed by atoms with Crippen molar-refractivity contribution in [3.63, 3.8) is 0 Å². The minimum atomic E-state index is -1.36. The first-order chi connectivity index (χ1) is 5.49. The zero-order chi connectivity index (χ0) is 9.78. The monoisotopic (exact) mass is 171 g/mol. The summed E-state index contributed by atoms with van der Waals surface area (Å²) in [5.41, 5.74) is -1.36. The largest absolute Gasteiger partial charge is 0.368 e. The van der Waals surface area contributed by atoms with Gasteiger partial charge in [-0.2, -0.15) is 0 Å². The number of carbonyl (C=O) groups is 1. The van der Waals surface area contributed by atoms with Gasteiger partial charge >= 0.3 is 0 Å². The van der Waals surface area contributed by atoms with E-state index in [1.165, 1.54) is 4.90 Å². The van der Waals surface area contributed by atoms with Gasteiger partial charge in [-0.15, -0.1) is 0 Å². The van der Waals surface area contributed by atoms with Crippen LogP contribution in [0.4, 0.5) is 0 Å². The maximum absolute atomic E-state index is 11.3. The summed E-state index contributed by atoms with van der Waals surface area (Å²) in [6, 6.07) is 0. The molecule has 0 aliphatic heterocycles. The zero-order valence-electron chi connectivity index (χ0n) is 8.00. The van der Waals surface area contributed by atoms with Gasteiger partial charge in [-0.25, -0.2) is 0 Å². The van der Waals surface area contributed by atoms with Crippen molar-refractivity contribution in [1.82, 2.24) is 4.90 Å². The van der Waals surface area contributed by atoms with E-state index >= 15 is 0 Å². The lowest BCUT2D eigenvalue weighted by atomic mass is 10.0. The van der Waals surface area contributed by atoms with Gasteiger partial charge < -0.3 is 5.11 Å². The molecular formula is C9H17NO2. The van der Waals surface area contributed by atoms with Crippen molar-refractivity contribution in [3.8, 4) is 0 Å². The van der Waals surface area contributed by atoms with Gasteiger partial charge in [-0.3, -0.25) is 9.69 Å². The molecule has 1 atom stereocenters. The van der Waals surface area contributed by atoms with Gasteiger partial charge in [-0.05, 0) is 26.6 Å². The fourth-order valence-corrected chi connectivity index (χ4v) is 1.08. The first kappa shape index (κ1) is 11.3. The highest BCUT2D eigenvalue weighted by Crippen LogP contribution is 2.16. The Balaban J connectivity index is 4.60. The summed E-state index contributed by atoms with van der Waals surface area (Å²) in [7, 11) is 3.36. The smallest absolute Gasteiger partial charge is 0.201 e. The Bertz CT molecular complexity index is 177. The molecule has 70 valence electrons. The summed E-state index contributed by atoms with van der Waals surface area (Å²) in [6.07, 6.45) is 2.36. The summed E-state index contributed by atoms with van der Waals surface area (Å²) in [5.74, 6) is -0.339. The Hall–Kier alpha value is -0.670. The normalized spacial score (nSPS) is 15.8. The van der Waals surface area contributed by atoms with Crippen LogP contribution in [0.5, 0.6) is 0 Å². The average molecular weight is 171 g/mol. The summed E-state index contributed by atoms with van der Waals surface area (Å²) in [5, 5.41) is 9.86. The van der Waals surface area contributed by atoms with E-state index in [4.69, 9.17) is 0 Å². The van der Waals surface area contributed by atoms with Crippen molar-refractivity contribution in [3.05, 3.63) is 12.7 Å². The summed E-state index contributed by atoms with van der Waals surface area (Å²) >= 11 is 0. The lowest BCUT2D eigenvalue weighted by Gasteiger charge is -2.31. The molecule has 3 heteroatoms. The molecule has 0 rings (SSSR count). The van der Waals surface area contributed by atoms with Crippen LogP contribution in [0, 0.1) is 0 Å². The van der Waals surface area contributed by atoms with E-state index in [0.717, 1.165) is 12.5 Å². The predicted octanol–water partition coefficient (Wildman–Crippen LogP) is 0.792. The van der Waals surface area contributed by atoms with Crippen molar-refractivity contribution in [2.45, 2.75) is 25.5 Å². The van der Waals surface area contributed by atoms with Gasteiger partial charge in [-0.1, -0.05) is 19.9 Å². The molecule has 0 radical (unpaired) electrons. The molecular weight excluding hydrogens is 154 g/mol. The topological polar surface area (TPSA) is 40.5 Å². The first-order valence-corrected chi connectivity index (χ1v) is 4.05. The fraction of sp³-hybridized carbons (Fsp3) is 0.667. The SMILES string of the molecule is C=CC(=O)C(O)(CCC)N(C)C. The lowest BCUT2D eigenvalue weighted by molar-refractivity contribution is -0.151. The van der Waals surface area contributed by atoms with E-state index < -0.39 is 5.72 Å². The second-order valence-electron chi connectivity index (χ2n) is 3.03. The van der Waals surface area contributed by atoms with Gasteiger partial charge in [0.2, 0.25) is 5.78 Å². The molecule has 1 N–H and O–H groups in total. The van der Waals surface area contributed by atoms with E-state index in [2.05, 4.69) is 6.58 Å². The number of likely N-dealkylation sites (N-methyl/N-ethyl adjacent to an activating group) is 1. The van der Waals surface area contributed by atoms with E-state index in [1.807, 2.05) is 6.92 Å². The Morgan fingerprint density at radius 3 is 2.42 bits per heavy atom. The third kappa shape index (κ3) is 2.16. The van der Waals surface area contributed by atoms with E-state index in [-0.39, 0.29) is 5.78 Å². The Kier molecular flexibility index (Phi) is 4.13. The summed E-state index contributed by atoms with van der Waals surface area (Å²) in [4.78, 5) is 12.8. The zero-order valence-corrected chi connectivity index (χ0v) is 8.00. The number of ketones is 1. The molecule has 0 fully saturated rings. The molecule has 3 nitrogen and oxygen atoms in total. The highest BCUT2D eigenvalue weighted by molar-refractivity contribution is 5.95. The number of aliphatic hydroxyl groups is 1. The molecule has 0 saturated carbocycles. The Morgan fingerprint density at radius 1 is 1.67 bits per heavy atom. The standard InChI is InChI=1S/C9H17NO2/c1-5-7-9(12,10(3)4)8(11)6-2/h6,12H,2,5,7H2,1,3-4H3. The Labute approximate surface area is 73.7 Å². The highest BCUT2D eigenvalue weighted by atomic mass is 16.3. The van der Waals surface area contributed by atoms with Gasteiger partial charge in [0.15, 0.2) is 5.72 Å². The highest BCUT2D eigenvalue weighted by Gasteiger charge is 2.34. The van der Waals surface area contributed by atoms with Crippen LogP contribution >= 0.6 is 0 Å². The number of nitrogens with zero attached hydrogens (tertiary/aromatic N) is 1. The molecule has 0 aromatic rings. The van der Waals surface area contributed by atoms with Crippen LogP contribution < -0.4 is 0 Å². The molecule has 0 bridgehead atoms. The second kappa shape index (κ2) is 4.38. The molecule has 0 amide bonds. The van der Waals surface area contributed by atoms with Crippen LogP contribution in [0.25, 0.3) is 0 Å². The van der Waals surface area contributed by atoms with Crippen molar-refractivity contribution < 1.29 is 9.90 Å². The molecule has 0 aromatic carbocycles. The van der Waals surface area contributed by atoms with Crippen LogP contribution in [0.15, 0.2) is 12.7 Å². The third-order valence-electron chi connectivity index (χ3n) is 1.92. The number of rotatable bonds is 5. The van der Waals surface area contributed by atoms with Crippen molar-refractivity contribution in [2.24, 2.45) is 0 Å². The third-order valence-corrected chi connectivity index (χ3v) is 1.92. The first-order valence-electron chi connectivity index (χ1n) is 4.05. The van der Waals surface area contributed by atoms with Crippen molar-refractivity contribution in [2.75, 3.05) is 14.1 Å². The van der Waals surface area contributed by atoms with E-state index in [9.17, 15) is 9.90 Å². The molecule has 0 aliphatic carbocycles. The van der Waals surface area contributed by atoms with Crippen LogP contribution in [0.3, 0.4) is 0 Å². The minimum Gasteiger partial charge on any atom is -0.368 e. The molecule has 0 spiro atoms. The van der Waals surface area contributed by atoms with Crippen LogP contribution in [-0.2, 0) is 4.79 Å². The molecule has 12 heavy (non-hydrogen) atoms. The lowest BCUT2D eigenvalue weighted by Crippen LogP contribution is -2.50.